The highest BCUT2D eigenvalue weighted by atomic mass is 127. The zero-order valence-electron chi connectivity index (χ0n) is 14.4. The summed E-state index contributed by atoms with van der Waals surface area (Å²) in [7, 11) is 1.80. The van der Waals surface area contributed by atoms with Gasteiger partial charge in [0.05, 0.1) is 0 Å². The lowest BCUT2D eigenvalue weighted by atomic mass is 10.1. The Morgan fingerprint density at radius 3 is 2.29 bits per heavy atom. The zero-order chi connectivity index (χ0) is 16.3. The van der Waals surface area contributed by atoms with Crippen LogP contribution < -0.4 is 16.0 Å². The van der Waals surface area contributed by atoms with Gasteiger partial charge >= 0.3 is 0 Å². The summed E-state index contributed by atoms with van der Waals surface area (Å²) in [6.07, 6.45) is 1.03. The van der Waals surface area contributed by atoms with E-state index in [0.29, 0.717) is 0 Å². The maximum absolute atomic E-state index is 4.25. The van der Waals surface area contributed by atoms with E-state index >= 15 is 0 Å². The molecule has 0 fully saturated rings. The van der Waals surface area contributed by atoms with E-state index in [1.165, 1.54) is 11.1 Å². The standard InChI is InChI=1S/C19H26N4.HI/c1-16-9-11-17(12-10-16)15-23-19(20-2)22-14-6-13-21-18-7-4-3-5-8-18;/h3-5,7-12,21H,6,13-15H2,1-2H3,(H2,20,22,23);1H. The molecule has 0 aliphatic carbocycles. The number of benzene rings is 2. The van der Waals surface area contributed by atoms with Crippen LogP contribution in [-0.4, -0.2) is 26.1 Å². The van der Waals surface area contributed by atoms with Crippen LogP contribution in [0.5, 0.6) is 0 Å². The summed E-state index contributed by atoms with van der Waals surface area (Å²) in [5, 5.41) is 10.1. The topological polar surface area (TPSA) is 48.5 Å². The van der Waals surface area contributed by atoms with Gasteiger partial charge in [0.2, 0.25) is 0 Å². The third-order valence-electron chi connectivity index (χ3n) is 3.55. The monoisotopic (exact) mass is 438 g/mol. The van der Waals surface area contributed by atoms with E-state index in [1.54, 1.807) is 7.05 Å². The van der Waals surface area contributed by atoms with E-state index in [4.69, 9.17) is 0 Å². The number of nitrogens with one attached hydrogen (secondary N) is 3. The number of hydrogen-bond donors (Lipinski definition) is 3. The fourth-order valence-electron chi connectivity index (χ4n) is 2.20. The second-order valence-electron chi connectivity index (χ2n) is 5.48. The summed E-state index contributed by atoms with van der Waals surface area (Å²) >= 11 is 0. The van der Waals surface area contributed by atoms with Crippen molar-refractivity contribution in [3.63, 3.8) is 0 Å². The Labute approximate surface area is 162 Å². The number of para-hydroxylation sites is 1. The number of nitrogens with zero attached hydrogens (tertiary/aromatic N) is 1. The van der Waals surface area contributed by atoms with E-state index in [9.17, 15) is 0 Å². The highest BCUT2D eigenvalue weighted by Crippen LogP contribution is 2.04. The molecule has 0 bridgehead atoms. The number of hydrogen-bond acceptors (Lipinski definition) is 2. The molecule has 4 nitrogen and oxygen atoms in total. The summed E-state index contributed by atoms with van der Waals surface area (Å²) < 4.78 is 0. The molecule has 0 aliphatic rings. The lowest BCUT2D eigenvalue weighted by molar-refractivity contribution is 0.762. The predicted octanol–water partition coefficient (Wildman–Crippen LogP) is 3.78. The quantitative estimate of drug-likeness (QED) is 0.267. The minimum Gasteiger partial charge on any atom is -0.385 e. The van der Waals surface area contributed by atoms with Gasteiger partial charge in [0, 0.05) is 32.4 Å². The number of aliphatic imine (C=N–C) groups is 1. The largest absolute Gasteiger partial charge is 0.385 e. The second kappa shape index (κ2) is 11.7. The average Bonchev–Trinajstić information content (AvgIpc) is 2.59. The van der Waals surface area contributed by atoms with Gasteiger partial charge in [-0.15, -0.1) is 24.0 Å². The molecule has 130 valence electrons. The number of halogens is 1. The number of rotatable bonds is 7. The van der Waals surface area contributed by atoms with Crippen molar-refractivity contribution in [1.82, 2.24) is 10.6 Å². The highest BCUT2D eigenvalue weighted by molar-refractivity contribution is 14.0. The Balaban J connectivity index is 0.00000288. The van der Waals surface area contributed by atoms with Gasteiger partial charge in [0.25, 0.3) is 0 Å². The van der Waals surface area contributed by atoms with Gasteiger partial charge in [-0.05, 0) is 31.0 Å². The smallest absolute Gasteiger partial charge is 0.191 e. The molecule has 0 saturated carbocycles. The Morgan fingerprint density at radius 1 is 0.917 bits per heavy atom. The van der Waals surface area contributed by atoms with Crippen LogP contribution in [0.15, 0.2) is 59.6 Å². The molecule has 0 saturated heterocycles. The molecule has 0 heterocycles. The van der Waals surface area contributed by atoms with Crippen LogP contribution in [0.4, 0.5) is 5.69 Å². The first-order valence-corrected chi connectivity index (χ1v) is 8.07. The first-order chi connectivity index (χ1) is 11.3. The predicted molar refractivity (Wildman–Crippen MR) is 114 cm³/mol. The van der Waals surface area contributed by atoms with Crippen molar-refractivity contribution in [3.05, 3.63) is 65.7 Å². The molecule has 0 aromatic heterocycles. The van der Waals surface area contributed by atoms with Gasteiger partial charge in [-0.1, -0.05) is 48.0 Å². The van der Waals surface area contributed by atoms with Crippen molar-refractivity contribution in [1.29, 1.82) is 0 Å². The molecule has 0 spiro atoms. The van der Waals surface area contributed by atoms with E-state index in [2.05, 4.69) is 64.3 Å². The summed E-state index contributed by atoms with van der Waals surface area (Å²) in [4.78, 5) is 4.25. The average molecular weight is 438 g/mol. The first-order valence-electron chi connectivity index (χ1n) is 8.07. The van der Waals surface area contributed by atoms with Crippen molar-refractivity contribution >= 4 is 35.6 Å². The van der Waals surface area contributed by atoms with Crippen LogP contribution in [-0.2, 0) is 6.54 Å². The van der Waals surface area contributed by atoms with E-state index < -0.39 is 0 Å². The molecule has 24 heavy (non-hydrogen) atoms. The van der Waals surface area contributed by atoms with Gasteiger partial charge in [0.1, 0.15) is 0 Å². The van der Waals surface area contributed by atoms with Gasteiger partial charge in [-0.2, -0.15) is 0 Å². The minimum atomic E-state index is 0. The van der Waals surface area contributed by atoms with Crippen LogP contribution in [0.25, 0.3) is 0 Å². The minimum absolute atomic E-state index is 0. The maximum Gasteiger partial charge on any atom is 0.191 e. The number of anilines is 1. The fourth-order valence-corrected chi connectivity index (χ4v) is 2.20. The lowest BCUT2D eigenvalue weighted by Gasteiger charge is -2.12. The van der Waals surface area contributed by atoms with E-state index in [-0.39, 0.29) is 24.0 Å². The molecule has 0 amide bonds. The van der Waals surface area contributed by atoms with E-state index in [1.807, 2.05) is 18.2 Å². The van der Waals surface area contributed by atoms with Crippen molar-refractivity contribution in [2.75, 3.05) is 25.5 Å². The van der Waals surface area contributed by atoms with Crippen LogP contribution >= 0.6 is 24.0 Å². The van der Waals surface area contributed by atoms with Gasteiger partial charge < -0.3 is 16.0 Å². The zero-order valence-corrected chi connectivity index (χ0v) is 16.7. The molecular formula is C19H27IN4. The van der Waals surface area contributed by atoms with Crippen molar-refractivity contribution in [2.24, 2.45) is 4.99 Å². The van der Waals surface area contributed by atoms with Crippen molar-refractivity contribution in [2.45, 2.75) is 19.9 Å². The molecule has 0 atom stereocenters. The van der Waals surface area contributed by atoms with Crippen LogP contribution in [0.2, 0.25) is 0 Å². The van der Waals surface area contributed by atoms with Crippen LogP contribution in [0.1, 0.15) is 17.5 Å². The second-order valence-corrected chi connectivity index (χ2v) is 5.48. The summed E-state index contributed by atoms with van der Waals surface area (Å²) in [6, 6.07) is 18.8. The molecule has 0 aliphatic heterocycles. The molecule has 2 aromatic rings. The fraction of sp³-hybridized carbons (Fsp3) is 0.316. The van der Waals surface area contributed by atoms with Crippen molar-refractivity contribution in [3.8, 4) is 0 Å². The lowest BCUT2D eigenvalue weighted by Crippen LogP contribution is -2.37. The molecule has 0 radical (unpaired) electrons. The Morgan fingerprint density at radius 2 is 1.62 bits per heavy atom. The van der Waals surface area contributed by atoms with Crippen molar-refractivity contribution < 1.29 is 0 Å². The molecular weight excluding hydrogens is 411 g/mol. The number of guanidine groups is 1. The SMILES string of the molecule is CN=C(NCCCNc1ccccc1)NCc1ccc(C)cc1.I. The first kappa shape index (κ1) is 20.3. The molecule has 2 rings (SSSR count). The molecule has 3 N–H and O–H groups in total. The third-order valence-corrected chi connectivity index (χ3v) is 3.55. The van der Waals surface area contributed by atoms with Crippen LogP contribution in [0.3, 0.4) is 0 Å². The Hall–Kier alpha value is -1.76. The van der Waals surface area contributed by atoms with Crippen LogP contribution in [0, 0.1) is 6.92 Å². The summed E-state index contributed by atoms with van der Waals surface area (Å²) in [5.41, 5.74) is 3.70. The normalized spacial score (nSPS) is 10.7. The third kappa shape index (κ3) is 7.68. The van der Waals surface area contributed by atoms with Gasteiger partial charge in [-0.25, -0.2) is 0 Å². The summed E-state index contributed by atoms with van der Waals surface area (Å²) in [6.45, 7) is 4.70. The van der Waals surface area contributed by atoms with Gasteiger partial charge in [-0.3, -0.25) is 4.99 Å². The molecule has 5 heteroatoms. The van der Waals surface area contributed by atoms with E-state index in [0.717, 1.165) is 37.7 Å². The summed E-state index contributed by atoms with van der Waals surface area (Å²) in [5.74, 6) is 0.838. The molecule has 0 unspecified atom stereocenters. The Kier molecular flexibility index (Phi) is 9.91. The highest BCUT2D eigenvalue weighted by Gasteiger charge is 1.98. The molecule has 2 aromatic carbocycles. The maximum atomic E-state index is 4.25. The Bertz CT molecular complexity index is 597. The number of aryl methyl sites for hydroxylation is 1. The van der Waals surface area contributed by atoms with Gasteiger partial charge in [0.15, 0.2) is 5.96 Å².